The van der Waals surface area contributed by atoms with Crippen molar-refractivity contribution in [3.63, 3.8) is 0 Å². The Morgan fingerprint density at radius 2 is 2.04 bits per heavy atom. The van der Waals surface area contributed by atoms with E-state index in [0.717, 1.165) is 30.9 Å². The summed E-state index contributed by atoms with van der Waals surface area (Å²) in [6.45, 7) is 2.79. The Morgan fingerprint density at radius 3 is 2.84 bits per heavy atom. The van der Waals surface area contributed by atoms with E-state index in [9.17, 15) is 4.79 Å². The summed E-state index contributed by atoms with van der Waals surface area (Å²) in [5.74, 6) is 1.66. The highest BCUT2D eigenvalue weighted by Gasteiger charge is 2.36. The van der Waals surface area contributed by atoms with E-state index in [1.807, 2.05) is 6.07 Å². The summed E-state index contributed by atoms with van der Waals surface area (Å²) in [6, 6.07) is 5.98. The van der Waals surface area contributed by atoms with E-state index in [-0.39, 0.29) is 24.2 Å². The molecule has 0 aromatic heterocycles. The van der Waals surface area contributed by atoms with Gasteiger partial charge in [0, 0.05) is 18.5 Å². The molecule has 25 heavy (non-hydrogen) atoms. The van der Waals surface area contributed by atoms with E-state index >= 15 is 0 Å². The Balaban J connectivity index is 1.50. The van der Waals surface area contributed by atoms with Crippen molar-refractivity contribution in [3.8, 4) is 11.5 Å². The van der Waals surface area contributed by atoms with Gasteiger partial charge in [0.15, 0.2) is 11.5 Å². The first-order valence-electron chi connectivity index (χ1n) is 9.26. The SMILES string of the molecule is O=C(NCC1(c2ccc3c(c2)OCO3)CCCCC1)C1COCCN1. The van der Waals surface area contributed by atoms with Crippen LogP contribution in [0.25, 0.3) is 0 Å². The number of hydrogen-bond acceptors (Lipinski definition) is 5. The lowest BCUT2D eigenvalue weighted by molar-refractivity contribution is -0.126. The van der Waals surface area contributed by atoms with Gasteiger partial charge in [-0.15, -0.1) is 0 Å². The molecule has 1 saturated carbocycles. The fraction of sp³-hybridized carbons (Fsp3) is 0.632. The lowest BCUT2D eigenvalue weighted by Crippen LogP contribution is -2.53. The van der Waals surface area contributed by atoms with Crippen molar-refractivity contribution in [3.05, 3.63) is 23.8 Å². The van der Waals surface area contributed by atoms with Gasteiger partial charge in [-0.1, -0.05) is 25.3 Å². The second-order valence-electron chi connectivity index (χ2n) is 7.21. The highest BCUT2D eigenvalue weighted by molar-refractivity contribution is 5.82. The summed E-state index contributed by atoms with van der Waals surface area (Å²) in [5, 5.41) is 6.39. The van der Waals surface area contributed by atoms with E-state index in [4.69, 9.17) is 14.2 Å². The number of hydrogen-bond donors (Lipinski definition) is 2. The van der Waals surface area contributed by atoms with Gasteiger partial charge in [0.1, 0.15) is 6.04 Å². The average Bonchev–Trinajstić information content (AvgIpc) is 3.15. The molecule has 0 radical (unpaired) electrons. The lowest BCUT2D eigenvalue weighted by atomic mass is 9.69. The second-order valence-corrected chi connectivity index (χ2v) is 7.21. The van der Waals surface area contributed by atoms with Crippen LogP contribution in [-0.4, -0.2) is 45.0 Å². The number of benzene rings is 1. The summed E-state index contributed by atoms with van der Waals surface area (Å²) in [4.78, 5) is 12.5. The predicted molar refractivity (Wildman–Crippen MR) is 92.9 cm³/mol. The molecule has 1 unspecified atom stereocenters. The van der Waals surface area contributed by atoms with E-state index in [1.54, 1.807) is 0 Å². The van der Waals surface area contributed by atoms with Crippen LogP contribution in [0.2, 0.25) is 0 Å². The summed E-state index contributed by atoms with van der Waals surface area (Å²) >= 11 is 0. The first-order chi connectivity index (χ1) is 12.3. The van der Waals surface area contributed by atoms with Crippen molar-refractivity contribution in [2.24, 2.45) is 0 Å². The van der Waals surface area contributed by atoms with Crippen LogP contribution in [0.3, 0.4) is 0 Å². The molecule has 2 heterocycles. The fourth-order valence-electron chi connectivity index (χ4n) is 4.14. The first-order valence-corrected chi connectivity index (χ1v) is 9.26. The summed E-state index contributed by atoms with van der Waals surface area (Å²) in [5.41, 5.74) is 1.22. The Labute approximate surface area is 148 Å². The van der Waals surface area contributed by atoms with Crippen LogP contribution in [0.15, 0.2) is 18.2 Å². The number of rotatable bonds is 4. The summed E-state index contributed by atoms with van der Waals surface area (Å²) < 4.78 is 16.4. The molecule has 1 aromatic carbocycles. The molecule has 0 spiro atoms. The quantitative estimate of drug-likeness (QED) is 0.869. The highest BCUT2D eigenvalue weighted by atomic mass is 16.7. The van der Waals surface area contributed by atoms with E-state index in [0.29, 0.717) is 19.8 Å². The molecule has 2 fully saturated rings. The first kappa shape index (κ1) is 16.7. The lowest BCUT2D eigenvalue weighted by Gasteiger charge is -2.38. The van der Waals surface area contributed by atoms with Crippen molar-refractivity contribution in [2.75, 3.05) is 33.1 Å². The van der Waals surface area contributed by atoms with Gasteiger partial charge >= 0.3 is 0 Å². The number of amides is 1. The van der Waals surface area contributed by atoms with Crippen LogP contribution in [0.1, 0.15) is 37.7 Å². The zero-order valence-electron chi connectivity index (χ0n) is 14.5. The van der Waals surface area contributed by atoms with Crippen molar-refractivity contribution < 1.29 is 19.0 Å². The van der Waals surface area contributed by atoms with Gasteiger partial charge in [-0.25, -0.2) is 0 Å². The molecule has 1 amide bonds. The predicted octanol–water partition coefficient (Wildman–Crippen LogP) is 1.72. The minimum atomic E-state index is -0.244. The number of morpholine rings is 1. The molecule has 1 aromatic rings. The van der Waals surface area contributed by atoms with Crippen LogP contribution in [0.5, 0.6) is 11.5 Å². The van der Waals surface area contributed by atoms with Crippen LogP contribution in [-0.2, 0) is 14.9 Å². The van der Waals surface area contributed by atoms with Gasteiger partial charge < -0.3 is 24.8 Å². The standard InChI is InChI=1S/C19H26N2O4/c22-18(15-11-23-9-8-20-15)21-12-19(6-2-1-3-7-19)14-4-5-16-17(10-14)25-13-24-16/h4-5,10,15,20H,1-3,6-9,11-13H2,(H,21,22). The van der Waals surface area contributed by atoms with Crippen molar-refractivity contribution in [1.29, 1.82) is 0 Å². The third-order valence-electron chi connectivity index (χ3n) is 5.63. The van der Waals surface area contributed by atoms with Gasteiger partial charge in [0.2, 0.25) is 12.7 Å². The largest absolute Gasteiger partial charge is 0.454 e. The summed E-state index contributed by atoms with van der Waals surface area (Å²) in [6.07, 6.45) is 5.81. The molecule has 1 aliphatic carbocycles. The molecule has 1 saturated heterocycles. The zero-order chi connectivity index (χ0) is 17.1. The van der Waals surface area contributed by atoms with E-state index < -0.39 is 0 Å². The zero-order valence-corrected chi connectivity index (χ0v) is 14.5. The van der Waals surface area contributed by atoms with E-state index in [2.05, 4.69) is 22.8 Å². The number of fused-ring (bicyclic) bond motifs is 1. The molecular formula is C19H26N2O4. The third kappa shape index (κ3) is 3.46. The van der Waals surface area contributed by atoms with Gasteiger partial charge in [-0.05, 0) is 30.5 Å². The molecule has 136 valence electrons. The Kier molecular flexibility index (Phi) is 4.81. The van der Waals surface area contributed by atoms with Gasteiger partial charge in [-0.3, -0.25) is 4.79 Å². The van der Waals surface area contributed by atoms with Crippen LogP contribution < -0.4 is 20.1 Å². The van der Waals surface area contributed by atoms with Crippen LogP contribution in [0, 0.1) is 0 Å². The third-order valence-corrected chi connectivity index (χ3v) is 5.63. The van der Waals surface area contributed by atoms with Gasteiger partial charge in [-0.2, -0.15) is 0 Å². The Bertz CT molecular complexity index is 622. The smallest absolute Gasteiger partial charge is 0.239 e. The Morgan fingerprint density at radius 1 is 1.20 bits per heavy atom. The molecule has 2 N–H and O–H groups in total. The molecule has 3 aliphatic rings. The van der Waals surface area contributed by atoms with Crippen LogP contribution in [0.4, 0.5) is 0 Å². The topological polar surface area (TPSA) is 68.8 Å². The molecule has 6 nitrogen and oxygen atoms in total. The molecule has 0 bridgehead atoms. The van der Waals surface area contributed by atoms with Crippen LogP contribution >= 0.6 is 0 Å². The minimum absolute atomic E-state index is 0.0234. The van der Waals surface area contributed by atoms with Crippen molar-refractivity contribution in [1.82, 2.24) is 10.6 Å². The van der Waals surface area contributed by atoms with Crippen molar-refractivity contribution >= 4 is 5.91 Å². The highest BCUT2D eigenvalue weighted by Crippen LogP contribution is 2.43. The molecule has 6 heteroatoms. The maximum Gasteiger partial charge on any atom is 0.239 e. The Hall–Kier alpha value is -1.79. The number of ether oxygens (including phenoxy) is 3. The minimum Gasteiger partial charge on any atom is -0.454 e. The second kappa shape index (κ2) is 7.22. The fourth-order valence-corrected chi connectivity index (χ4v) is 4.14. The van der Waals surface area contributed by atoms with Gasteiger partial charge in [0.05, 0.1) is 13.2 Å². The average molecular weight is 346 g/mol. The molecule has 1 atom stereocenters. The number of carbonyl (C=O) groups is 1. The van der Waals surface area contributed by atoms with E-state index in [1.165, 1.54) is 24.8 Å². The van der Waals surface area contributed by atoms with Gasteiger partial charge in [0.25, 0.3) is 0 Å². The van der Waals surface area contributed by atoms with Crippen molar-refractivity contribution in [2.45, 2.75) is 43.6 Å². The maximum absolute atomic E-state index is 12.5. The molecular weight excluding hydrogens is 320 g/mol. The monoisotopic (exact) mass is 346 g/mol. The number of carbonyl (C=O) groups excluding carboxylic acids is 1. The molecule has 2 aliphatic heterocycles. The molecule has 4 rings (SSSR count). The maximum atomic E-state index is 12.5. The summed E-state index contributed by atoms with van der Waals surface area (Å²) in [7, 11) is 0. The number of nitrogens with one attached hydrogen (secondary N) is 2. The normalized spacial score (nSPS) is 24.7.